The quantitative estimate of drug-likeness (QED) is 0.816. The third-order valence-corrected chi connectivity index (χ3v) is 3.83. The largest absolute Gasteiger partial charge is 0.362 e. The van der Waals surface area contributed by atoms with Crippen LogP contribution in [0, 0.1) is 5.92 Å². The molecule has 1 aromatic rings. The van der Waals surface area contributed by atoms with Gasteiger partial charge in [-0.05, 0) is 49.4 Å². The van der Waals surface area contributed by atoms with Gasteiger partial charge in [0.15, 0.2) is 5.11 Å². The van der Waals surface area contributed by atoms with Crippen LogP contribution in [0.2, 0.25) is 0 Å². The zero-order chi connectivity index (χ0) is 12.8. The molecule has 2 unspecified atom stereocenters. The van der Waals surface area contributed by atoms with Crippen LogP contribution in [-0.2, 0) is 6.42 Å². The van der Waals surface area contributed by atoms with Gasteiger partial charge in [-0.2, -0.15) is 0 Å². The van der Waals surface area contributed by atoms with Gasteiger partial charge in [-0.1, -0.05) is 37.3 Å². The predicted molar refractivity (Wildman–Crippen MR) is 80.7 cm³/mol. The zero-order valence-corrected chi connectivity index (χ0v) is 11.8. The molecule has 0 radical (unpaired) electrons. The Morgan fingerprint density at radius 1 is 1.28 bits per heavy atom. The van der Waals surface area contributed by atoms with Crippen LogP contribution in [0.4, 0.5) is 0 Å². The van der Waals surface area contributed by atoms with Crippen LogP contribution in [0.3, 0.4) is 0 Å². The first-order valence-corrected chi connectivity index (χ1v) is 7.23. The lowest BCUT2D eigenvalue weighted by Crippen LogP contribution is -2.41. The van der Waals surface area contributed by atoms with E-state index < -0.39 is 0 Å². The Hall–Kier alpha value is -1.09. The third kappa shape index (κ3) is 4.30. The molecule has 1 aromatic carbocycles. The standard InChI is InChI=1S/C15H22N2S/c1-12-7-8-14(11-12)17-15(18)16-10-9-13-5-3-2-4-6-13/h2-6,12,14H,7-11H2,1H3,(H2,16,17,18). The maximum Gasteiger partial charge on any atom is 0.166 e. The molecule has 2 nitrogen and oxygen atoms in total. The van der Waals surface area contributed by atoms with Crippen LogP contribution in [0.25, 0.3) is 0 Å². The van der Waals surface area contributed by atoms with Crippen molar-refractivity contribution in [1.82, 2.24) is 10.6 Å². The minimum absolute atomic E-state index is 0.580. The van der Waals surface area contributed by atoms with Crippen molar-refractivity contribution >= 4 is 17.3 Å². The fraction of sp³-hybridized carbons (Fsp3) is 0.533. The fourth-order valence-corrected chi connectivity index (χ4v) is 2.81. The highest BCUT2D eigenvalue weighted by Gasteiger charge is 2.21. The first-order valence-electron chi connectivity index (χ1n) is 6.82. The topological polar surface area (TPSA) is 24.1 Å². The summed E-state index contributed by atoms with van der Waals surface area (Å²) in [5.41, 5.74) is 1.35. The minimum Gasteiger partial charge on any atom is -0.362 e. The Morgan fingerprint density at radius 2 is 2.06 bits per heavy atom. The first kappa shape index (κ1) is 13.3. The highest BCUT2D eigenvalue weighted by Crippen LogP contribution is 2.24. The van der Waals surface area contributed by atoms with E-state index in [1.807, 2.05) is 6.07 Å². The summed E-state index contributed by atoms with van der Waals surface area (Å²) >= 11 is 5.32. The third-order valence-electron chi connectivity index (χ3n) is 3.57. The lowest BCUT2D eigenvalue weighted by Gasteiger charge is -2.16. The summed E-state index contributed by atoms with van der Waals surface area (Å²) in [5, 5.41) is 7.52. The van der Waals surface area contributed by atoms with E-state index in [4.69, 9.17) is 12.2 Å². The Bertz CT molecular complexity index is 377. The van der Waals surface area contributed by atoms with Gasteiger partial charge in [-0.25, -0.2) is 0 Å². The van der Waals surface area contributed by atoms with E-state index in [2.05, 4.69) is 41.8 Å². The van der Waals surface area contributed by atoms with E-state index in [1.54, 1.807) is 0 Å². The molecule has 1 aliphatic carbocycles. The average Bonchev–Trinajstić information content (AvgIpc) is 2.76. The zero-order valence-electron chi connectivity index (χ0n) is 11.0. The predicted octanol–water partition coefficient (Wildman–Crippen LogP) is 2.88. The number of nitrogens with one attached hydrogen (secondary N) is 2. The van der Waals surface area contributed by atoms with Gasteiger partial charge in [0, 0.05) is 12.6 Å². The minimum atomic E-state index is 0.580. The van der Waals surface area contributed by atoms with Crippen molar-refractivity contribution in [2.75, 3.05) is 6.54 Å². The molecule has 2 rings (SSSR count). The molecule has 0 saturated heterocycles. The van der Waals surface area contributed by atoms with Gasteiger partial charge in [0.1, 0.15) is 0 Å². The summed E-state index contributed by atoms with van der Waals surface area (Å²) in [6, 6.07) is 11.1. The molecular weight excluding hydrogens is 240 g/mol. The molecule has 0 amide bonds. The van der Waals surface area contributed by atoms with E-state index in [1.165, 1.54) is 24.8 Å². The van der Waals surface area contributed by atoms with Gasteiger partial charge in [0.2, 0.25) is 0 Å². The normalized spacial score (nSPS) is 22.7. The molecule has 0 bridgehead atoms. The van der Waals surface area contributed by atoms with Crippen molar-refractivity contribution in [3.05, 3.63) is 35.9 Å². The molecule has 2 N–H and O–H groups in total. The number of benzene rings is 1. The maximum atomic E-state index is 5.32. The summed E-state index contributed by atoms with van der Waals surface area (Å²) in [4.78, 5) is 0. The summed E-state index contributed by atoms with van der Waals surface area (Å²) in [6.45, 7) is 3.21. The van der Waals surface area contributed by atoms with Crippen LogP contribution >= 0.6 is 12.2 Å². The summed E-state index contributed by atoms with van der Waals surface area (Å²) < 4.78 is 0. The lowest BCUT2D eigenvalue weighted by atomic mass is 10.1. The van der Waals surface area contributed by atoms with Gasteiger partial charge in [0.25, 0.3) is 0 Å². The molecule has 1 fully saturated rings. The van der Waals surface area contributed by atoms with Crippen LogP contribution < -0.4 is 10.6 Å². The van der Waals surface area contributed by atoms with Crippen molar-refractivity contribution in [3.63, 3.8) is 0 Å². The second-order valence-corrected chi connectivity index (χ2v) is 5.66. The van der Waals surface area contributed by atoms with E-state index in [-0.39, 0.29) is 0 Å². The SMILES string of the molecule is CC1CCC(NC(=S)NCCc2ccccc2)C1. The smallest absolute Gasteiger partial charge is 0.166 e. The summed E-state index contributed by atoms with van der Waals surface area (Å²) in [5.74, 6) is 0.842. The highest BCUT2D eigenvalue weighted by atomic mass is 32.1. The van der Waals surface area contributed by atoms with Crippen LogP contribution in [0.1, 0.15) is 31.7 Å². The molecule has 0 aromatic heterocycles. The highest BCUT2D eigenvalue weighted by molar-refractivity contribution is 7.80. The van der Waals surface area contributed by atoms with Gasteiger partial charge < -0.3 is 10.6 Å². The Kier molecular flexibility index (Phi) is 5.00. The van der Waals surface area contributed by atoms with E-state index in [0.717, 1.165) is 24.0 Å². The Balaban J connectivity index is 1.63. The molecule has 1 aliphatic rings. The van der Waals surface area contributed by atoms with Crippen molar-refractivity contribution in [2.24, 2.45) is 5.92 Å². The van der Waals surface area contributed by atoms with Gasteiger partial charge in [0.05, 0.1) is 0 Å². The molecule has 18 heavy (non-hydrogen) atoms. The second-order valence-electron chi connectivity index (χ2n) is 5.25. The van der Waals surface area contributed by atoms with Crippen molar-refractivity contribution < 1.29 is 0 Å². The number of thiocarbonyl (C=S) groups is 1. The molecule has 0 aliphatic heterocycles. The number of hydrogen-bond acceptors (Lipinski definition) is 1. The average molecular weight is 262 g/mol. The molecule has 3 heteroatoms. The Morgan fingerprint density at radius 3 is 2.72 bits per heavy atom. The van der Waals surface area contributed by atoms with E-state index in [9.17, 15) is 0 Å². The Labute approximate surface area is 115 Å². The second kappa shape index (κ2) is 6.74. The van der Waals surface area contributed by atoms with Crippen LogP contribution in [-0.4, -0.2) is 17.7 Å². The summed E-state index contributed by atoms with van der Waals surface area (Å²) in [7, 11) is 0. The molecule has 1 saturated carbocycles. The van der Waals surface area contributed by atoms with Gasteiger partial charge in [-0.15, -0.1) is 0 Å². The number of hydrogen-bond donors (Lipinski definition) is 2. The molecule has 0 spiro atoms. The molecular formula is C15H22N2S. The molecule has 2 atom stereocenters. The lowest BCUT2D eigenvalue weighted by molar-refractivity contribution is 0.567. The van der Waals surface area contributed by atoms with Crippen LogP contribution in [0.5, 0.6) is 0 Å². The van der Waals surface area contributed by atoms with Crippen molar-refractivity contribution in [3.8, 4) is 0 Å². The fourth-order valence-electron chi connectivity index (χ4n) is 2.54. The van der Waals surface area contributed by atoms with Gasteiger partial charge >= 0.3 is 0 Å². The maximum absolute atomic E-state index is 5.32. The van der Waals surface area contributed by atoms with Crippen LogP contribution in [0.15, 0.2) is 30.3 Å². The molecule has 0 heterocycles. The van der Waals surface area contributed by atoms with E-state index in [0.29, 0.717) is 6.04 Å². The van der Waals surface area contributed by atoms with Crippen molar-refractivity contribution in [1.29, 1.82) is 0 Å². The molecule has 98 valence electrons. The van der Waals surface area contributed by atoms with E-state index >= 15 is 0 Å². The van der Waals surface area contributed by atoms with Gasteiger partial charge in [-0.3, -0.25) is 0 Å². The monoisotopic (exact) mass is 262 g/mol. The first-order chi connectivity index (χ1) is 8.74. The summed E-state index contributed by atoms with van der Waals surface area (Å²) in [6.07, 6.45) is 4.84. The van der Waals surface area contributed by atoms with Crippen molar-refractivity contribution in [2.45, 2.75) is 38.6 Å². The number of rotatable bonds is 4.